The van der Waals surface area contributed by atoms with Gasteiger partial charge in [-0.2, -0.15) is 5.26 Å². The molecule has 1 aromatic rings. The van der Waals surface area contributed by atoms with E-state index in [1.807, 2.05) is 26.8 Å². The van der Waals surface area contributed by atoms with Gasteiger partial charge in [-0.25, -0.2) is 0 Å². The van der Waals surface area contributed by atoms with Gasteiger partial charge in [0.25, 0.3) is 0 Å². The van der Waals surface area contributed by atoms with Crippen molar-refractivity contribution in [2.75, 3.05) is 11.1 Å². The van der Waals surface area contributed by atoms with Crippen LogP contribution in [0.5, 0.6) is 0 Å². The topological polar surface area (TPSA) is 70.0 Å². The van der Waals surface area contributed by atoms with Crippen molar-refractivity contribution in [2.24, 2.45) is 0 Å². The summed E-state index contributed by atoms with van der Waals surface area (Å²) < 4.78 is 11.4. The summed E-state index contributed by atoms with van der Waals surface area (Å²) in [6.45, 7) is 5.48. The van der Waals surface area contributed by atoms with Crippen LogP contribution in [0.4, 0.5) is 5.69 Å². The maximum Gasteiger partial charge on any atom is 0.237 e. The van der Waals surface area contributed by atoms with Crippen molar-refractivity contribution < 1.29 is 9.00 Å². The molecule has 4 nitrogen and oxygen atoms in total. The van der Waals surface area contributed by atoms with Crippen molar-refractivity contribution in [1.82, 2.24) is 0 Å². The third kappa shape index (κ3) is 4.30. The maximum absolute atomic E-state index is 11.8. The van der Waals surface area contributed by atoms with E-state index in [2.05, 4.69) is 5.32 Å². The zero-order chi connectivity index (χ0) is 13.8. The van der Waals surface area contributed by atoms with E-state index >= 15 is 0 Å². The lowest BCUT2D eigenvalue weighted by atomic mass is 10.2. The smallest absolute Gasteiger partial charge is 0.237 e. The van der Waals surface area contributed by atoms with E-state index < -0.39 is 15.5 Å². The average Bonchev–Trinajstić information content (AvgIpc) is 2.27. The van der Waals surface area contributed by atoms with E-state index in [-0.39, 0.29) is 11.7 Å². The van der Waals surface area contributed by atoms with Gasteiger partial charge in [-0.3, -0.25) is 9.00 Å². The number of nitrogens with zero attached hydrogens (tertiary/aromatic N) is 1. The molecule has 0 aliphatic heterocycles. The molecular formula is C13H16N2O2S. The van der Waals surface area contributed by atoms with Gasteiger partial charge >= 0.3 is 0 Å². The summed E-state index contributed by atoms with van der Waals surface area (Å²) in [6, 6.07) is 8.61. The quantitative estimate of drug-likeness (QED) is 0.908. The minimum Gasteiger partial charge on any atom is -0.325 e. The first-order chi connectivity index (χ1) is 8.32. The van der Waals surface area contributed by atoms with Crippen molar-refractivity contribution in [3.8, 4) is 6.07 Å². The number of carbonyl (C=O) groups is 1. The molecule has 0 fully saturated rings. The Balaban J connectivity index is 2.66. The third-order valence-corrected chi connectivity index (χ3v) is 4.11. The fraction of sp³-hybridized carbons (Fsp3) is 0.385. The highest BCUT2D eigenvalue weighted by molar-refractivity contribution is 7.87. The van der Waals surface area contributed by atoms with Gasteiger partial charge in [0.1, 0.15) is 5.75 Å². The molecule has 1 atom stereocenters. The van der Waals surface area contributed by atoms with Crippen molar-refractivity contribution in [3.63, 3.8) is 0 Å². The molecule has 1 amide bonds. The van der Waals surface area contributed by atoms with Crippen LogP contribution in [-0.4, -0.2) is 20.6 Å². The van der Waals surface area contributed by atoms with E-state index in [1.165, 1.54) is 0 Å². The molecule has 5 heteroatoms. The molecule has 0 aliphatic carbocycles. The lowest BCUT2D eigenvalue weighted by molar-refractivity contribution is -0.113. The Hall–Kier alpha value is -1.67. The van der Waals surface area contributed by atoms with Gasteiger partial charge in [0, 0.05) is 21.2 Å². The number of hydrogen-bond donors (Lipinski definition) is 1. The molecule has 1 N–H and O–H groups in total. The van der Waals surface area contributed by atoms with Crippen molar-refractivity contribution in [3.05, 3.63) is 29.8 Å². The molecule has 0 saturated carbocycles. The first kappa shape index (κ1) is 14.4. The summed E-state index contributed by atoms with van der Waals surface area (Å²) in [5.74, 6) is -0.348. The van der Waals surface area contributed by atoms with E-state index in [4.69, 9.17) is 5.26 Å². The molecule has 0 spiro atoms. The van der Waals surface area contributed by atoms with E-state index in [0.29, 0.717) is 11.3 Å². The first-order valence-electron chi connectivity index (χ1n) is 5.51. The standard InChI is InChI=1S/C13H16N2O2S/c1-13(2,3)18(17)9-12(16)15-11-6-4-5-10(7-11)8-14/h4-7H,9H2,1-3H3,(H,15,16). The van der Waals surface area contributed by atoms with Crippen LogP contribution < -0.4 is 5.32 Å². The molecule has 1 aromatic carbocycles. The molecule has 18 heavy (non-hydrogen) atoms. The van der Waals surface area contributed by atoms with Crippen molar-refractivity contribution in [1.29, 1.82) is 5.26 Å². The number of carbonyl (C=O) groups excluding carboxylic acids is 1. The second-order valence-corrected chi connectivity index (χ2v) is 7.05. The molecule has 0 bridgehead atoms. The zero-order valence-electron chi connectivity index (χ0n) is 10.7. The second-order valence-electron chi connectivity index (χ2n) is 4.84. The number of rotatable bonds is 3. The monoisotopic (exact) mass is 264 g/mol. The van der Waals surface area contributed by atoms with Gasteiger partial charge in [0.15, 0.2) is 0 Å². The van der Waals surface area contributed by atoms with E-state index in [1.54, 1.807) is 24.3 Å². The lowest BCUT2D eigenvalue weighted by Crippen LogP contribution is -2.30. The normalized spacial score (nSPS) is 12.6. The largest absolute Gasteiger partial charge is 0.325 e. The maximum atomic E-state index is 11.8. The van der Waals surface area contributed by atoms with Crippen LogP contribution in [0.25, 0.3) is 0 Å². The Morgan fingerprint density at radius 2 is 2.11 bits per heavy atom. The van der Waals surface area contributed by atoms with Gasteiger partial charge in [-0.05, 0) is 39.0 Å². The average molecular weight is 264 g/mol. The lowest BCUT2D eigenvalue weighted by Gasteiger charge is -2.17. The minimum absolute atomic E-state index is 0.0414. The van der Waals surface area contributed by atoms with Crippen molar-refractivity contribution >= 4 is 22.4 Å². The Kier molecular flexibility index (Phi) is 4.62. The molecular weight excluding hydrogens is 248 g/mol. The molecule has 0 heterocycles. The molecule has 0 aliphatic rings. The predicted molar refractivity (Wildman–Crippen MR) is 72.5 cm³/mol. The highest BCUT2D eigenvalue weighted by Crippen LogP contribution is 2.13. The van der Waals surface area contributed by atoms with Crippen LogP contribution in [0.2, 0.25) is 0 Å². The minimum atomic E-state index is -1.23. The number of amides is 1. The van der Waals surface area contributed by atoms with Gasteiger partial charge in [-0.15, -0.1) is 0 Å². The number of anilines is 1. The zero-order valence-corrected chi connectivity index (χ0v) is 11.5. The second kappa shape index (κ2) is 5.78. The number of benzene rings is 1. The molecule has 0 aromatic heterocycles. The Bertz CT molecular complexity index is 512. The van der Waals surface area contributed by atoms with Crippen LogP contribution in [0, 0.1) is 11.3 Å². The summed E-state index contributed by atoms with van der Waals surface area (Å²) >= 11 is 0. The Morgan fingerprint density at radius 1 is 1.44 bits per heavy atom. The van der Waals surface area contributed by atoms with Crippen LogP contribution in [0.3, 0.4) is 0 Å². The number of hydrogen-bond acceptors (Lipinski definition) is 3. The van der Waals surface area contributed by atoms with Gasteiger partial charge in [0.05, 0.1) is 11.6 Å². The summed E-state index contributed by atoms with van der Waals surface area (Å²) in [7, 11) is -1.23. The van der Waals surface area contributed by atoms with Crippen molar-refractivity contribution in [2.45, 2.75) is 25.5 Å². The van der Waals surface area contributed by atoms with Gasteiger partial charge in [-0.1, -0.05) is 6.07 Å². The van der Waals surface area contributed by atoms with Gasteiger partial charge < -0.3 is 5.32 Å². The Morgan fingerprint density at radius 3 is 2.67 bits per heavy atom. The van der Waals surface area contributed by atoms with Crippen LogP contribution in [0.15, 0.2) is 24.3 Å². The highest BCUT2D eigenvalue weighted by Gasteiger charge is 2.21. The third-order valence-electron chi connectivity index (χ3n) is 2.22. The summed E-state index contributed by atoms with van der Waals surface area (Å²) in [4.78, 5) is 11.7. The summed E-state index contributed by atoms with van der Waals surface area (Å²) in [5, 5.41) is 11.4. The van der Waals surface area contributed by atoms with E-state index in [9.17, 15) is 9.00 Å². The number of nitrogens with one attached hydrogen (secondary N) is 1. The molecule has 0 radical (unpaired) electrons. The predicted octanol–water partition coefficient (Wildman–Crippen LogP) is 2.04. The van der Waals surface area contributed by atoms with Gasteiger partial charge in [0.2, 0.25) is 5.91 Å². The molecule has 1 rings (SSSR count). The summed E-state index contributed by atoms with van der Waals surface area (Å²) in [5.41, 5.74) is 1.02. The fourth-order valence-electron chi connectivity index (χ4n) is 1.20. The number of nitriles is 1. The van der Waals surface area contributed by atoms with Crippen LogP contribution in [0.1, 0.15) is 26.3 Å². The van der Waals surface area contributed by atoms with E-state index in [0.717, 1.165) is 0 Å². The van der Waals surface area contributed by atoms with Crippen LogP contribution in [-0.2, 0) is 15.6 Å². The molecule has 96 valence electrons. The molecule has 1 unspecified atom stereocenters. The highest BCUT2D eigenvalue weighted by atomic mass is 32.2. The molecule has 0 saturated heterocycles. The Labute approximate surface area is 109 Å². The fourth-order valence-corrected chi connectivity index (χ4v) is 1.94. The van der Waals surface area contributed by atoms with Crippen LogP contribution >= 0.6 is 0 Å². The summed E-state index contributed by atoms with van der Waals surface area (Å²) in [6.07, 6.45) is 0. The SMILES string of the molecule is CC(C)(C)S(=O)CC(=O)Nc1cccc(C#N)c1. The first-order valence-corrected chi connectivity index (χ1v) is 6.83.